The number of benzene rings is 2. The van der Waals surface area contributed by atoms with Gasteiger partial charge in [0.2, 0.25) is 0 Å². The molecule has 0 spiro atoms. The maximum Gasteiger partial charge on any atom is 0.387 e. The third-order valence-corrected chi connectivity index (χ3v) is 3.70. The molecule has 164 valence electrons. The lowest BCUT2D eigenvalue weighted by Gasteiger charge is -2.08. The molecular formula is C20H18F2N2O7. The van der Waals surface area contributed by atoms with Crippen LogP contribution in [0.5, 0.6) is 11.5 Å². The first kappa shape index (κ1) is 23.3. The molecule has 0 aliphatic rings. The van der Waals surface area contributed by atoms with E-state index < -0.39 is 43.5 Å². The Kier molecular flexibility index (Phi) is 8.43. The number of esters is 1. The normalized spacial score (nSPS) is 10.2. The number of nitrogens with one attached hydrogen (secondary N) is 2. The van der Waals surface area contributed by atoms with E-state index in [0.717, 1.165) is 12.1 Å². The van der Waals surface area contributed by atoms with E-state index in [0.29, 0.717) is 11.3 Å². The Labute approximate surface area is 175 Å². The summed E-state index contributed by atoms with van der Waals surface area (Å²) < 4.78 is 38.0. The minimum atomic E-state index is -3.00. The summed E-state index contributed by atoms with van der Waals surface area (Å²) in [7, 11) is 1.48. The van der Waals surface area contributed by atoms with E-state index >= 15 is 0 Å². The van der Waals surface area contributed by atoms with Gasteiger partial charge in [-0.05, 0) is 48.5 Å². The van der Waals surface area contributed by atoms with Crippen LogP contribution in [-0.2, 0) is 14.3 Å². The van der Waals surface area contributed by atoms with E-state index in [1.807, 2.05) is 5.32 Å². The van der Waals surface area contributed by atoms with Crippen LogP contribution >= 0.6 is 0 Å². The first-order valence-corrected chi connectivity index (χ1v) is 8.75. The second-order valence-electron chi connectivity index (χ2n) is 5.85. The lowest BCUT2D eigenvalue weighted by Crippen LogP contribution is -2.36. The Bertz CT molecular complexity index is 932. The molecule has 31 heavy (non-hydrogen) atoms. The fourth-order valence-electron chi connectivity index (χ4n) is 2.22. The third kappa shape index (κ3) is 7.72. The molecule has 3 amide bonds. The Balaban J connectivity index is 1.72. The molecular weight excluding hydrogens is 418 g/mol. The number of methoxy groups -OCH3 is 1. The SMILES string of the molecule is COc1ccc(C(=O)NCC(=O)OCC(=O)NC(=O)c2ccc(OC(F)F)cc2)cc1. The number of carbonyl (C=O) groups is 4. The molecule has 0 aliphatic heterocycles. The summed E-state index contributed by atoms with van der Waals surface area (Å²) >= 11 is 0. The monoisotopic (exact) mass is 436 g/mol. The zero-order chi connectivity index (χ0) is 22.8. The molecule has 2 N–H and O–H groups in total. The van der Waals surface area contributed by atoms with E-state index in [1.54, 1.807) is 12.1 Å². The number of alkyl halides is 2. The van der Waals surface area contributed by atoms with Gasteiger partial charge in [-0.2, -0.15) is 8.78 Å². The molecule has 9 nitrogen and oxygen atoms in total. The molecule has 0 saturated heterocycles. The van der Waals surface area contributed by atoms with Gasteiger partial charge in [0.15, 0.2) is 6.61 Å². The molecule has 0 aliphatic carbocycles. The first-order chi connectivity index (χ1) is 14.8. The lowest BCUT2D eigenvalue weighted by molar-refractivity contribution is -0.147. The highest BCUT2D eigenvalue weighted by Crippen LogP contribution is 2.15. The van der Waals surface area contributed by atoms with Crippen molar-refractivity contribution in [2.24, 2.45) is 0 Å². The average molecular weight is 436 g/mol. The van der Waals surface area contributed by atoms with Crippen LogP contribution < -0.4 is 20.1 Å². The highest BCUT2D eigenvalue weighted by molar-refractivity contribution is 6.05. The van der Waals surface area contributed by atoms with E-state index in [1.165, 1.54) is 31.4 Å². The van der Waals surface area contributed by atoms with Crippen molar-refractivity contribution in [1.29, 1.82) is 0 Å². The minimum Gasteiger partial charge on any atom is -0.497 e. The van der Waals surface area contributed by atoms with Crippen LogP contribution in [0.25, 0.3) is 0 Å². The number of rotatable bonds is 9. The predicted molar refractivity (Wildman–Crippen MR) is 102 cm³/mol. The van der Waals surface area contributed by atoms with Crippen LogP contribution in [0.3, 0.4) is 0 Å². The topological polar surface area (TPSA) is 120 Å². The van der Waals surface area contributed by atoms with Gasteiger partial charge in [-0.1, -0.05) is 0 Å². The summed E-state index contributed by atoms with van der Waals surface area (Å²) in [6.45, 7) is -4.25. The molecule has 2 aromatic carbocycles. The third-order valence-electron chi connectivity index (χ3n) is 3.70. The average Bonchev–Trinajstić information content (AvgIpc) is 2.76. The van der Waals surface area contributed by atoms with Gasteiger partial charge in [-0.3, -0.25) is 24.5 Å². The summed E-state index contributed by atoms with van der Waals surface area (Å²) in [4.78, 5) is 47.3. The van der Waals surface area contributed by atoms with Crippen LogP contribution in [0.2, 0.25) is 0 Å². The Morgan fingerprint density at radius 2 is 1.42 bits per heavy atom. The van der Waals surface area contributed by atoms with Crippen molar-refractivity contribution < 1.29 is 42.2 Å². The standard InChI is InChI=1S/C20H18F2N2O7/c1-29-14-6-2-12(3-7-14)18(27)23-10-17(26)30-11-16(25)24-19(28)13-4-8-15(9-5-13)31-20(21)22/h2-9,20H,10-11H2,1H3,(H,23,27)(H,24,25,28). The minimum absolute atomic E-state index is 0.00745. The molecule has 0 aromatic heterocycles. The van der Waals surface area contributed by atoms with Crippen LogP contribution in [0, 0.1) is 0 Å². The number of ether oxygens (including phenoxy) is 3. The molecule has 0 radical (unpaired) electrons. The molecule has 0 atom stereocenters. The van der Waals surface area contributed by atoms with Crippen LogP contribution in [0.1, 0.15) is 20.7 Å². The first-order valence-electron chi connectivity index (χ1n) is 8.75. The number of hydrogen-bond donors (Lipinski definition) is 2. The Hall–Kier alpha value is -4.02. The van der Waals surface area contributed by atoms with Crippen molar-refractivity contribution in [3.63, 3.8) is 0 Å². The summed E-state index contributed by atoms with van der Waals surface area (Å²) in [5, 5.41) is 4.30. The summed E-state index contributed by atoms with van der Waals surface area (Å²) in [5.74, 6) is -2.74. The van der Waals surface area contributed by atoms with Gasteiger partial charge in [-0.25, -0.2) is 0 Å². The van der Waals surface area contributed by atoms with Crippen LogP contribution in [-0.4, -0.2) is 50.6 Å². The molecule has 0 saturated carbocycles. The van der Waals surface area contributed by atoms with Crippen molar-refractivity contribution in [2.75, 3.05) is 20.3 Å². The van der Waals surface area contributed by atoms with E-state index in [2.05, 4.69) is 14.8 Å². The Morgan fingerprint density at radius 1 is 0.871 bits per heavy atom. The molecule has 11 heteroatoms. The fourth-order valence-corrected chi connectivity index (χ4v) is 2.22. The maximum atomic E-state index is 12.1. The molecule has 0 bridgehead atoms. The predicted octanol–water partition coefficient (Wildman–Crippen LogP) is 1.53. The summed E-state index contributed by atoms with van der Waals surface area (Å²) in [6, 6.07) is 10.8. The van der Waals surface area contributed by atoms with E-state index in [4.69, 9.17) is 4.74 Å². The summed E-state index contributed by atoms with van der Waals surface area (Å²) in [6.07, 6.45) is 0. The van der Waals surface area contributed by atoms with Crippen molar-refractivity contribution in [3.8, 4) is 11.5 Å². The smallest absolute Gasteiger partial charge is 0.387 e. The van der Waals surface area contributed by atoms with Crippen LogP contribution in [0.15, 0.2) is 48.5 Å². The Morgan fingerprint density at radius 3 is 1.97 bits per heavy atom. The van der Waals surface area contributed by atoms with Gasteiger partial charge in [0.25, 0.3) is 17.7 Å². The number of hydrogen-bond acceptors (Lipinski definition) is 7. The number of halogens is 2. The van der Waals surface area contributed by atoms with Crippen molar-refractivity contribution in [2.45, 2.75) is 6.61 Å². The van der Waals surface area contributed by atoms with Crippen LogP contribution in [0.4, 0.5) is 8.78 Å². The van der Waals surface area contributed by atoms with Gasteiger partial charge >= 0.3 is 12.6 Å². The fraction of sp³-hybridized carbons (Fsp3) is 0.200. The van der Waals surface area contributed by atoms with Gasteiger partial charge < -0.3 is 19.5 Å². The molecule has 2 aromatic rings. The van der Waals surface area contributed by atoms with Gasteiger partial charge in [0.1, 0.15) is 18.0 Å². The number of amides is 3. The maximum absolute atomic E-state index is 12.1. The van der Waals surface area contributed by atoms with Gasteiger partial charge in [0, 0.05) is 11.1 Å². The highest BCUT2D eigenvalue weighted by Gasteiger charge is 2.14. The molecule has 0 heterocycles. The zero-order valence-electron chi connectivity index (χ0n) is 16.2. The van der Waals surface area contributed by atoms with Crippen molar-refractivity contribution in [1.82, 2.24) is 10.6 Å². The quantitative estimate of drug-likeness (QED) is 0.572. The summed E-state index contributed by atoms with van der Waals surface area (Å²) in [5.41, 5.74) is 0.301. The number of imide groups is 1. The van der Waals surface area contributed by atoms with Crippen molar-refractivity contribution in [3.05, 3.63) is 59.7 Å². The zero-order valence-corrected chi connectivity index (χ0v) is 16.2. The highest BCUT2D eigenvalue weighted by atomic mass is 19.3. The van der Waals surface area contributed by atoms with Gasteiger partial charge in [0.05, 0.1) is 7.11 Å². The lowest BCUT2D eigenvalue weighted by atomic mass is 10.2. The molecule has 2 rings (SSSR count). The number of carbonyl (C=O) groups excluding carboxylic acids is 4. The van der Waals surface area contributed by atoms with Crippen molar-refractivity contribution >= 4 is 23.7 Å². The molecule has 0 fully saturated rings. The van der Waals surface area contributed by atoms with Gasteiger partial charge in [-0.15, -0.1) is 0 Å². The second kappa shape index (κ2) is 11.2. The largest absolute Gasteiger partial charge is 0.497 e. The van der Waals surface area contributed by atoms with E-state index in [9.17, 15) is 28.0 Å². The van der Waals surface area contributed by atoms with E-state index in [-0.39, 0.29) is 11.3 Å². The molecule has 0 unspecified atom stereocenters. The second-order valence-corrected chi connectivity index (χ2v) is 5.85.